The number of aromatic hydroxyl groups is 1. The van der Waals surface area contributed by atoms with E-state index in [-0.39, 0.29) is 35.1 Å². The quantitative estimate of drug-likeness (QED) is 0.408. The summed E-state index contributed by atoms with van der Waals surface area (Å²) in [6.45, 7) is 12.1. The summed E-state index contributed by atoms with van der Waals surface area (Å²) in [7, 11) is 0. The number of hydrogen-bond acceptors (Lipinski definition) is 4. The molecule has 5 heteroatoms. The highest BCUT2D eigenvalue weighted by Crippen LogP contribution is 2.25. The van der Waals surface area contributed by atoms with Crippen molar-refractivity contribution in [3.63, 3.8) is 0 Å². The minimum atomic E-state index is -0.280. The van der Waals surface area contributed by atoms with Crippen LogP contribution in [-0.2, 0) is 11.8 Å². The fraction of sp³-hybridized carbons (Fsp3) is 0.214. The Hall–Kier alpha value is -3.86. The lowest BCUT2D eigenvalue weighted by Crippen LogP contribution is -2.26. The van der Waals surface area contributed by atoms with Crippen LogP contribution in [0, 0.1) is 6.92 Å². The summed E-state index contributed by atoms with van der Waals surface area (Å²) in [6, 6.07) is 19.8. The summed E-state index contributed by atoms with van der Waals surface area (Å²) < 4.78 is 0. The van der Waals surface area contributed by atoms with Crippen molar-refractivity contribution < 1.29 is 14.7 Å². The van der Waals surface area contributed by atoms with Gasteiger partial charge in [-0.3, -0.25) is 9.59 Å². The van der Waals surface area contributed by atoms with Gasteiger partial charge in [0.2, 0.25) is 0 Å². The second-order valence-electron chi connectivity index (χ2n) is 9.14. The molecule has 0 radical (unpaired) electrons. The van der Waals surface area contributed by atoms with Crippen LogP contribution in [0.1, 0.15) is 58.2 Å². The fourth-order valence-electron chi connectivity index (χ4n) is 3.48. The van der Waals surface area contributed by atoms with E-state index < -0.39 is 0 Å². The lowest BCUT2D eigenvalue weighted by Gasteiger charge is -2.19. The third-order valence-electron chi connectivity index (χ3n) is 5.45. The van der Waals surface area contributed by atoms with Gasteiger partial charge in [-0.25, -0.2) is 0 Å². The Morgan fingerprint density at radius 2 is 1.64 bits per heavy atom. The lowest BCUT2D eigenvalue weighted by molar-refractivity contribution is 0.0964. The van der Waals surface area contributed by atoms with Crippen LogP contribution in [-0.4, -0.2) is 16.8 Å². The van der Waals surface area contributed by atoms with Crippen LogP contribution >= 0.6 is 0 Å². The minimum absolute atomic E-state index is 0.00108. The third kappa shape index (κ3) is 6.10. The molecule has 0 atom stereocenters. The van der Waals surface area contributed by atoms with Crippen LogP contribution in [0.2, 0.25) is 0 Å². The highest BCUT2D eigenvalue weighted by molar-refractivity contribution is 5.99. The highest BCUT2D eigenvalue weighted by Gasteiger charge is 2.15. The number of aryl methyl sites for hydroxylation is 1. The van der Waals surface area contributed by atoms with Crippen LogP contribution < -0.4 is 10.6 Å². The van der Waals surface area contributed by atoms with E-state index in [0.717, 1.165) is 11.1 Å². The lowest BCUT2D eigenvalue weighted by atomic mass is 9.87. The second-order valence-corrected chi connectivity index (χ2v) is 9.14. The van der Waals surface area contributed by atoms with Crippen molar-refractivity contribution in [2.24, 2.45) is 0 Å². The summed E-state index contributed by atoms with van der Waals surface area (Å²) in [5.41, 5.74) is 4.31. The maximum atomic E-state index is 12.6. The number of hydrogen-bond donors (Lipinski definition) is 3. The Morgan fingerprint density at radius 3 is 2.24 bits per heavy atom. The molecule has 0 heterocycles. The normalized spacial score (nSPS) is 11.0. The van der Waals surface area contributed by atoms with E-state index in [9.17, 15) is 14.7 Å². The maximum absolute atomic E-state index is 12.6. The average Bonchev–Trinajstić information content (AvgIpc) is 2.75. The van der Waals surface area contributed by atoms with Gasteiger partial charge in [0.25, 0.3) is 5.91 Å². The van der Waals surface area contributed by atoms with Crippen molar-refractivity contribution in [2.75, 3.05) is 5.32 Å². The van der Waals surface area contributed by atoms with E-state index in [1.54, 1.807) is 30.3 Å². The van der Waals surface area contributed by atoms with Gasteiger partial charge in [-0.05, 0) is 41.7 Å². The van der Waals surface area contributed by atoms with Gasteiger partial charge in [0.1, 0.15) is 11.6 Å². The van der Waals surface area contributed by atoms with E-state index in [0.29, 0.717) is 22.4 Å². The van der Waals surface area contributed by atoms with E-state index in [2.05, 4.69) is 38.0 Å². The minimum Gasteiger partial charge on any atom is -0.508 e. The van der Waals surface area contributed by atoms with Crippen molar-refractivity contribution in [2.45, 2.75) is 39.5 Å². The molecule has 3 aromatic rings. The topological polar surface area (TPSA) is 78.4 Å². The summed E-state index contributed by atoms with van der Waals surface area (Å²) in [5.74, 6) is -0.0576. The molecule has 3 rings (SSSR count). The van der Waals surface area contributed by atoms with Gasteiger partial charge >= 0.3 is 0 Å². The van der Waals surface area contributed by atoms with Gasteiger partial charge in [-0.1, -0.05) is 69.8 Å². The number of amides is 1. The zero-order valence-electron chi connectivity index (χ0n) is 19.5. The van der Waals surface area contributed by atoms with E-state index >= 15 is 0 Å². The molecular formula is C28H30N2O3. The molecule has 0 saturated carbocycles. The molecule has 0 aliphatic rings. The van der Waals surface area contributed by atoms with Crippen LogP contribution in [0.3, 0.4) is 0 Å². The van der Waals surface area contributed by atoms with Gasteiger partial charge in [0.05, 0.1) is 0 Å². The molecule has 0 saturated heterocycles. The molecule has 0 bridgehead atoms. The van der Waals surface area contributed by atoms with Gasteiger partial charge < -0.3 is 15.7 Å². The Balaban J connectivity index is 1.61. The molecule has 33 heavy (non-hydrogen) atoms. The molecule has 170 valence electrons. The monoisotopic (exact) mass is 442 g/mol. The Bertz CT molecular complexity index is 1190. The molecule has 0 spiro atoms. The fourth-order valence-corrected chi connectivity index (χ4v) is 3.48. The molecule has 0 fully saturated rings. The summed E-state index contributed by atoms with van der Waals surface area (Å²) in [4.78, 5) is 25.1. The molecule has 0 unspecified atom stereocenters. The smallest absolute Gasteiger partial charge is 0.256 e. The molecule has 3 N–H and O–H groups in total. The summed E-state index contributed by atoms with van der Waals surface area (Å²) >= 11 is 0. The van der Waals surface area contributed by atoms with Gasteiger partial charge in [-0.15, -0.1) is 0 Å². The first-order valence-electron chi connectivity index (χ1n) is 10.8. The number of ketones is 1. The Kier molecular flexibility index (Phi) is 7.02. The molecule has 1 amide bonds. The summed E-state index contributed by atoms with van der Waals surface area (Å²) in [5, 5.41) is 16.1. The number of carbonyl (C=O) groups is 2. The SMILES string of the molecule is C=C(NC(=O)c1ccc(C(C)(C)C)cc1)Nc1ccc(CC(=O)c2ccccc2C)c(O)c1. The predicted octanol–water partition coefficient (Wildman–Crippen LogP) is 5.74. The first-order chi connectivity index (χ1) is 15.5. The Labute approximate surface area is 195 Å². The number of anilines is 1. The average molecular weight is 443 g/mol. The molecule has 0 aliphatic heterocycles. The largest absolute Gasteiger partial charge is 0.508 e. The standard InChI is InChI=1S/C28H30N2O3/c1-18-8-6-7-9-24(18)26(32)16-21-12-15-23(17-25(21)31)29-19(2)30-27(33)20-10-13-22(14-11-20)28(3,4)5/h6-15,17,29,31H,2,16H2,1,3-5H3,(H,30,33). The van der Waals surface area contributed by atoms with Crippen LogP contribution in [0.25, 0.3) is 0 Å². The predicted molar refractivity (Wildman–Crippen MR) is 133 cm³/mol. The Morgan fingerprint density at radius 1 is 0.970 bits per heavy atom. The first kappa shape index (κ1) is 23.8. The van der Waals surface area contributed by atoms with Crippen molar-refractivity contribution in [1.29, 1.82) is 0 Å². The van der Waals surface area contributed by atoms with E-state index in [1.807, 2.05) is 37.3 Å². The number of phenols is 1. The molecule has 0 aromatic heterocycles. The zero-order valence-corrected chi connectivity index (χ0v) is 19.5. The van der Waals surface area contributed by atoms with Crippen molar-refractivity contribution in [3.8, 4) is 5.75 Å². The molecule has 3 aromatic carbocycles. The van der Waals surface area contributed by atoms with Crippen molar-refractivity contribution >= 4 is 17.4 Å². The number of Topliss-reactive ketones (excluding diaryl/α,β-unsaturated/α-hetero) is 1. The maximum Gasteiger partial charge on any atom is 0.256 e. The van der Waals surface area contributed by atoms with E-state index in [4.69, 9.17) is 0 Å². The summed E-state index contributed by atoms with van der Waals surface area (Å²) in [6.07, 6.45) is 0.0964. The number of phenolic OH excluding ortho intramolecular Hbond substituents is 1. The zero-order chi connectivity index (χ0) is 24.2. The number of nitrogens with one attached hydrogen (secondary N) is 2. The number of benzene rings is 3. The van der Waals surface area contributed by atoms with Crippen molar-refractivity contribution in [3.05, 3.63) is 107 Å². The second kappa shape index (κ2) is 9.74. The first-order valence-corrected chi connectivity index (χ1v) is 10.8. The highest BCUT2D eigenvalue weighted by atomic mass is 16.3. The van der Waals surface area contributed by atoms with Gasteiger partial charge in [-0.2, -0.15) is 0 Å². The van der Waals surface area contributed by atoms with E-state index in [1.165, 1.54) is 6.07 Å². The number of carbonyl (C=O) groups excluding carboxylic acids is 2. The van der Waals surface area contributed by atoms with Crippen LogP contribution in [0.4, 0.5) is 5.69 Å². The number of rotatable bonds is 7. The van der Waals surface area contributed by atoms with Crippen LogP contribution in [0.5, 0.6) is 5.75 Å². The van der Waals surface area contributed by atoms with Crippen molar-refractivity contribution in [1.82, 2.24) is 5.32 Å². The third-order valence-corrected chi connectivity index (χ3v) is 5.45. The molecule has 0 aliphatic carbocycles. The van der Waals surface area contributed by atoms with Gasteiger partial charge in [0, 0.05) is 34.9 Å². The van der Waals surface area contributed by atoms with Crippen LogP contribution in [0.15, 0.2) is 79.1 Å². The van der Waals surface area contributed by atoms with Gasteiger partial charge in [0.15, 0.2) is 5.78 Å². The molecular weight excluding hydrogens is 412 g/mol. The molecule has 5 nitrogen and oxygen atoms in total.